The number of carbonyl (C=O) groups is 3. The molecule has 23 heavy (non-hydrogen) atoms. The molecule has 126 valence electrons. The summed E-state index contributed by atoms with van der Waals surface area (Å²) in [5.74, 6) is -1.30. The predicted molar refractivity (Wildman–Crippen MR) is 87.0 cm³/mol. The van der Waals surface area contributed by atoms with Gasteiger partial charge in [0.2, 0.25) is 5.91 Å². The Balaban J connectivity index is 2.25. The van der Waals surface area contributed by atoms with Crippen molar-refractivity contribution in [3.05, 3.63) is 16.0 Å². The number of fused-ring (bicyclic) bond motifs is 1. The van der Waals surface area contributed by atoms with Crippen LogP contribution in [0.15, 0.2) is 0 Å². The summed E-state index contributed by atoms with van der Waals surface area (Å²) in [6.45, 7) is 4.17. The Bertz CT molecular complexity index is 622. The highest BCUT2D eigenvalue weighted by Crippen LogP contribution is 2.40. The number of rotatable bonds is 6. The second-order valence-corrected chi connectivity index (χ2v) is 6.82. The topological polar surface area (TPSA) is 92.7 Å². The quantitative estimate of drug-likeness (QED) is 0.778. The molecule has 2 N–H and O–H groups in total. The van der Waals surface area contributed by atoms with Crippen molar-refractivity contribution >= 4 is 34.2 Å². The second kappa shape index (κ2) is 7.59. The van der Waals surface area contributed by atoms with Crippen molar-refractivity contribution in [3.8, 4) is 0 Å². The van der Waals surface area contributed by atoms with E-state index < -0.39 is 17.8 Å². The highest BCUT2D eigenvalue weighted by Gasteiger charge is 2.29. The Morgan fingerprint density at radius 1 is 1.35 bits per heavy atom. The molecule has 0 spiro atoms. The van der Waals surface area contributed by atoms with Crippen LogP contribution in [0, 0.1) is 5.92 Å². The van der Waals surface area contributed by atoms with Crippen molar-refractivity contribution in [1.29, 1.82) is 0 Å². The van der Waals surface area contributed by atoms with Gasteiger partial charge in [-0.05, 0) is 37.7 Å². The van der Waals surface area contributed by atoms with E-state index in [2.05, 4.69) is 12.2 Å². The van der Waals surface area contributed by atoms with Gasteiger partial charge in [-0.25, -0.2) is 4.79 Å². The number of nitrogens with one attached hydrogen (secondary N) is 1. The molecule has 0 aliphatic heterocycles. The fraction of sp³-hybridized carbons (Fsp3) is 0.562. The van der Waals surface area contributed by atoms with Gasteiger partial charge in [-0.1, -0.05) is 6.92 Å². The first-order valence-corrected chi connectivity index (χ1v) is 8.57. The number of ether oxygens (including phenoxy) is 1. The van der Waals surface area contributed by atoms with E-state index in [1.807, 2.05) is 0 Å². The first-order valence-electron chi connectivity index (χ1n) is 7.75. The van der Waals surface area contributed by atoms with E-state index in [9.17, 15) is 14.4 Å². The number of thiophene rings is 1. The van der Waals surface area contributed by atoms with E-state index in [-0.39, 0.29) is 19.4 Å². The first-order chi connectivity index (χ1) is 10.9. The zero-order valence-electron chi connectivity index (χ0n) is 13.3. The van der Waals surface area contributed by atoms with Gasteiger partial charge in [-0.2, -0.15) is 0 Å². The van der Waals surface area contributed by atoms with Crippen LogP contribution in [0.4, 0.5) is 5.00 Å². The monoisotopic (exact) mass is 339 g/mol. The zero-order chi connectivity index (χ0) is 17.0. The lowest BCUT2D eigenvalue weighted by molar-refractivity contribution is -0.138. The lowest BCUT2D eigenvalue weighted by Gasteiger charge is -2.18. The molecule has 0 fully saturated rings. The van der Waals surface area contributed by atoms with E-state index in [1.165, 1.54) is 11.3 Å². The maximum absolute atomic E-state index is 12.3. The van der Waals surface area contributed by atoms with Crippen LogP contribution >= 0.6 is 11.3 Å². The van der Waals surface area contributed by atoms with Crippen LogP contribution < -0.4 is 5.32 Å². The predicted octanol–water partition coefficient (Wildman–Crippen LogP) is 2.85. The molecule has 6 nitrogen and oxygen atoms in total. The van der Waals surface area contributed by atoms with Gasteiger partial charge in [-0.15, -0.1) is 11.3 Å². The van der Waals surface area contributed by atoms with Crippen LogP contribution in [0.5, 0.6) is 0 Å². The minimum atomic E-state index is -1.02. The third-order valence-corrected chi connectivity index (χ3v) is 4.98. The molecule has 1 aliphatic rings. The summed E-state index contributed by atoms with van der Waals surface area (Å²) in [5, 5.41) is 11.8. The van der Waals surface area contributed by atoms with Crippen LogP contribution in [-0.2, 0) is 27.2 Å². The Morgan fingerprint density at radius 3 is 2.74 bits per heavy atom. The molecule has 2 rings (SSSR count). The molecule has 0 bridgehead atoms. The maximum atomic E-state index is 12.3. The molecule has 1 aliphatic carbocycles. The third kappa shape index (κ3) is 4.31. The first kappa shape index (κ1) is 17.5. The fourth-order valence-electron chi connectivity index (χ4n) is 2.67. The zero-order valence-corrected chi connectivity index (χ0v) is 14.1. The summed E-state index contributed by atoms with van der Waals surface area (Å²) in [6.07, 6.45) is 2.34. The number of amides is 1. The molecule has 1 amide bonds. The summed E-state index contributed by atoms with van der Waals surface area (Å²) in [7, 11) is 0. The third-order valence-electron chi connectivity index (χ3n) is 3.81. The van der Waals surface area contributed by atoms with E-state index >= 15 is 0 Å². The summed E-state index contributed by atoms with van der Waals surface area (Å²) in [6, 6.07) is 0. The molecule has 1 atom stereocenters. The Hall–Kier alpha value is -1.89. The standard InChI is InChI=1S/C16H21NO5S/c1-3-22-16(21)14-10-5-4-9(2)8-11(10)23-15(14)17-12(18)6-7-13(19)20/h9H,3-8H2,1-2H3,(H,17,18)(H,19,20)/t9-/m0/s1. The average molecular weight is 339 g/mol. The van der Waals surface area contributed by atoms with Crippen molar-refractivity contribution in [3.63, 3.8) is 0 Å². The van der Waals surface area contributed by atoms with E-state index in [0.29, 0.717) is 16.5 Å². The SMILES string of the molecule is CCOC(=O)c1c(NC(=O)CCC(=O)O)sc2c1CC[C@H](C)C2. The molecule has 0 aromatic carbocycles. The van der Waals surface area contributed by atoms with Gasteiger partial charge in [0.25, 0.3) is 0 Å². The lowest BCUT2D eigenvalue weighted by Crippen LogP contribution is -2.17. The number of anilines is 1. The van der Waals surface area contributed by atoms with Crippen LogP contribution in [0.2, 0.25) is 0 Å². The van der Waals surface area contributed by atoms with Crippen LogP contribution in [0.1, 0.15) is 53.9 Å². The summed E-state index contributed by atoms with van der Waals surface area (Å²) >= 11 is 1.40. The molecule has 1 aromatic rings. The minimum Gasteiger partial charge on any atom is -0.481 e. The molecular weight excluding hydrogens is 318 g/mol. The van der Waals surface area contributed by atoms with Crippen LogP contribution in [-0.4, -0.2) is 29.6 Å². The number of carboxylic acid groups (broad SMARTS) is 1. The van der Waals surface area contributed by atoms with Gasteiger partial charge in [-0.3, -0.25) is 9.59 Å². The van der Waals surface area contributed by atoms with Crippen LogP contribution in [0.25, 0.3) is 0 Å². The molecule has 0 saturated carbocycles. The second-order valence-electron chi connectivity index (χ2n) is 5.72. The number of hydrogen-bond acceptors (Lipinski definition) is 5. The molecule has 0 saturated heterocycles. The summed E-state index contributed by atoms with van der Waals surface area (Å²) in [4.78, 5) is 35.8. The van der Waals surface area contributed by atoms with Gasteiger partial charge in [0.05, 0.1) is 18.6 Å². The Labute approximate surface area is 138 Å². The van der Waals surface area contributed by atoms with E-state index in [4.69, 9.17) is 9.84 Å². The molecule has 1 heterocycles. The smallest absolute Gasteiger partial charge is 0.341 e. The number of carbonyl (C=O) groups excluding carboxylic acids is 2. The molecular formula is C16H21NO5S. The molecule has 0 radical (unpaired) electrons. The highest BCUT2D eigenvalue weighted by atomic mass is 32.1. The molecule has 1 aromatic heterocycles. The van der Waals surface area contributed by atoms with Gasteiger partial charge in [0.1, 0.15) is 5.00 Å². The number of esters is 1. The summed E-state index contributed by atoms with van der Waals surface area (Å²) in [5.41, 5.74) is 1.42. The number of carboxylic acids is 1. The van der Waals surface area contributed by atoms with Crippen LogP contribution in [0.3, 0.4) is 0 Å². The highest BCUT2D eigenvalue weighted by molar-refractivity contribution is 7.17. The number of hydrogen-bond donors (Lipinski definition) is 2. The number of aliphatic carboxylic acids is 1. The van der Waals surface area contributed by atoms with Gasteiger partial charge in [0.15, 0.2) is 0 Å². The fourth-order valence-corrected chi connectivity index (χ4v) is 4.08. The maximum Gasteiger partial charge on any atom is 0.341 e. The Kier molecular flexibility index (Phi) is 5.76. The van der Waals surface area contributed by atoms with E-state index in [0.717, 1.165) is 29.7 Å². The van der Waals surface area contributed by atoms with Crippen molar-refractivity contribution < 1.29 is 24.2 Å². The lowest BCUT2D eigenvalue weighted by atomic mass is 9.88. The normalized spacial score (nSPS) is 16.5. The van der Waals surface area contributed by atoms with Crippen molar-refractivity contribution in [2.45, 2.75) is 46.0 Å². The molecule has 7 heteroatoms. The van der Waals surface area contributed by atoms with Crippen molar-refractivity contribution in [1.82, 2.24) is 0 Å². The minimum absolute atomic E-state index is 0.115. The largest absolute Gasteiger partial charge is 0.481 e. The summed E-state index contributed by atoms with van der Waals surface area (Å²) < 4.78 is 5.12. The van der Waals surface area contributed by atoms with Gasteiger partial charge >= 0.3 is 11.9 Å². The van der Waals surface area contributed by atoms with Gasteiger partial charge < -0.3 is 15.2 Å². The molecule has 0 unspecified atom stereocenters. The average Bonchev–Trinajstić information content (AvgIpc) is 2.82. The van der Waals surface area contributed by atoms with Gasteiger partial charge in [0, 0.05) is 11.3 Å². The van der Waals surface area contributed by atoms with Crippen molar-refractivity contribution in [2.75, 3.05) is 11.9 Å². The Morgan fingerprint density at radius 2 is 2.09 bits per heavy atom. The van der Waals surface area contributed by atoms with E-state index in [1.54, 1.807) is 6.92 Å². The van der Waals surface area contributed by atoms with Crippen molar-refractivity contribution in [2.24, 2.45) is 5.92 Å².